The molecule has 4 atom stereocenters. The lowest BCUT2D eigenvalue weighted by Crippen LogP contribution is -2.57. The Labute approximate surface area is 241 Å². The molecule has 0 aromatic heterocycles. The van der Waals surface area contributed by atoms with Gasteiger partial charge in [0.2, 0.25) is 11.8 Å². The quantitative estimate of drug-likeness (QED) is 0.253. The molecule has 3 N–H and O–H groups in total. The van der Waals surface area contributed by atoms with E-state index in [1.54, 1.807) is 0 Å². The minimum atomic E-state index is -4.61. The van der Waals surface area contributed by atoms with Crippen LogP contribution in [-0.2, 0) is 25.4 Å². The maximum atomic E-state index is 13.8. The second kappa shape index (κ2) is 10.7. The number of nitrogens with one attached hydrogen (secondary N) is 1. The molecule has 0 spiro atoms. The van der Waals surface area contributed by atoms with Crippen molar-refractivity contribution in [3.8, 4) is 11.5 Å². The maximum Gasteiger partial charge on any atom is 0.416 e. The van der Waals surface area contributed by atoms with E-state index in [9.17, 15) is 47.4 Å². The first-order chi connectivity index (χ1) is 20.2. The predicted octanol–water partition coefficient (Wildman–Crippen LogP) is 4.45. The molecular formula is C30H23F3N2O8. The number of alkyl halides is 3. The third-order valence-corrected chi connectivity index (χ3v) is 7.61. The number of benzene rings is 3. The molecule has 4 unspecified atom stereocenters. The predicted molar refractivity (Wildman–Crippen MR) is 142 cm³/mol. The number of halogens is 3. The van der Waals surface area contributed by atoms with Crippen molar-refractivity contribution in [1.29, 1.82) is 0 Å². The molecular weight excluding hydrogens is 573 g/mol. The Balaban J connectivity index is 1.55. The molecule has 0 saturated carbocycles. The Morgan fingerprint density at radius 2 is 1.56 bits per heavy atom. The van der Waals surface area contributed by atoms with Gasteiger partial charge in [-0.1, -0.05) is 18.2 Å². The normalized spacial score (nSPS) is 23.3. The molecule has 5 rings (SSSR count). The molecule has 0 radical (unpaired) electrons. The van der Waals surface area contributed by atoms with Gasteiger partial charge in [-0.15, -0.1) is 0 Å². The molecule has 2 aliphatic heterocycles. The van der Waals surface area contributed by atoms with E-state index in [-0.39, 0.29) is 28.5 Å². The number of anilines is 1. The average molecular weight is 597 g/mol. The number of ether oxygens (including phenoxy) is 1. The number of carboxylic acid groups (broad SMARTS) is 2. The summed E-state index contributed by atoms with van der Waals surface area (Å²) in [5, 5.41) is 22.6. The standard InChI is InChI=1S/C30H23F3N2O8/c1-15(36)16-8-10-19(11-9-16)35-26(39)23-24(27(35)40)29(28(41)42,14-22(37)38)34-25(23)17-4-2-6-20(12-17)43-21-7-3-5-18(13-21)30(31,32)33/h2-13,23-25,34H,14H2,1H3,(H,37,38)(H,41,42). The highest BCUT2D eigenvalue weighted by molar-refractivity contribution is 6.24. The van der Waals surface area contributed by atoms with E-state index in [4.69, 9.17) is 4.74 Å². The lowest BCUT2D eigenvalue weighted by molar-refractivity contribution is -0.154. The number of nitrogens with zero attached hydrogens (tertiary/aromatic N) is 1. The minimum absolute atomic E-state index is 0.0506. The number of imide groups is 1. The molecule has 0 aliphatic carbocycles. The topological polar surface area (TPSA) is 150 Å². The van der Waals surface area contributed by atoms with Crippen molar-refractivity contribution >= 4 is 35.2 Å². The van der Waals surface area contributed by atoms with Gasteiger partial charge in [0.25, 0.3) is 0 Å². The SMILES string of the molecule is CC(=O)c1ccc(N2C(=O)C3C(c4cccc(Oc5cccc(C(F)(F)F)c5)c4)NC(CC(=O)O)(C(=O)O)C3C2=O)cc1. The highest BCUT2D eigenvalue weighted by atomic mass is 19.4. The van der Waals surface area contributed by atoms with Crippen LogP contribution in [0.25, 0.3) is 0 Å². The van der Waals surface area contributed by atoms with Crippen LogP contribution in [0.4, 0.5) is 18.9 Å². The first kappa shape index (κ1) is 29.5. The van der Waals surface area contributed by atoms with Gasteiger partial charge in [-0.05, 0) is 67.1 Å². The number of aliphatic carboxylic acids is 2. The summed E-state index contributed by atoms with van der Waals surface area (Å²) in [5.41, 5.74) is -2.69. The summed E-state index contributed by atoms with van der Waals surface area (Å²) in [5.74, 6) is -8.23. The van der Waals surface area contributed by atoms with Crippen molar-refractivity contribution in [2.45, 2.75) is 31.1 Å². The van der Waals surface area contributed by atoms with E-state index in [0.717, 1.165) is 17.0 Å². The largest absolute Gasteiger partial charge is 0.481 e. The molecule has 3 aromatic carbocycles. The molecule has 2 amide bonds. The minimum Gasteiger partial charge on any atom is -0.481 e. The van der Waals surface area contributed by atoms with E-state index >= 15 is 0 Å². The second-order valence-corrected chi connectivity index (χ2v) is 10.3. The summed E-state index contributed by atoms with van der Waals surface area (Å²) >= 11 is 0. The summed E-state index contributed by atoms with van der Waals surface area (Å²) in [6, 6.07) is 14.2. The zero-order chi connectivity index (χ0) is 31.3. The van der Waals surface area contributed by atoms with Gasteiger partial charge in [0.15, 0.2) is 5.78 Å². The molecule has 10 nitrogen and oxygen atoms in total. The molecule has 2 heterocycles. The average Bonchev–Trinajstić information content (AvgIpc) is 3.42. The molecule has 2 aliphatic rings. The van der Waals surface area contributed by atoms with Crippen LogP contribution in [0.1, 0.15) is 40.9 Å². The first-order valence-electron chi connectivity index (χ1n) is 12.9. The van der Waals surface area contributed by atoms with Gasteiger partial charge in [0.05, 0.1) is 29.5 Å². The van der Waals surface area contributed by atoms with Gasteiger partial charge in [-0.25, -0.2) is 4.90 Å². The van der Waals surface area contributed by atoms with Gasteiger partial charge in [0, 0.05) is 11.6 Å². The molecule has 222 valence electrons. The molecule has 0 bridgehead atoms. The van der Waals surface area contributed by atoms with Crippen LogP contribution in [0, 0.1) is 11.8 Å². The summed E-state index contributed by atoms with van der Waals surface area (Å²) in [6.07, 6.45) is -5.64. The molecule has 2 saturated heterocycles. The smallest absolute Gasteiger partial charge is 0.416 e. The fourth-order valence-electron chi connectivity index (χ4n) is 5.71. The highest BCUT2D eigenvalue weighted by Crippen LogP contribution is 2.51. The van der Waals surface area contributed by atoms with Crippen molar-refractivity contribution in [1.82, 2.24) is 5.32 Å². The third-order valence-electron chi connectivity index (χ3n) is 7.61. The van der Waals surface area contributed by atoms with Crippen LogP contribution in [0.3, 0.4) is 0 Å². The van der Waals surface area contributed by atoms with Crippen LogP contribution in [0.5, 0.6) is 11.5 Å². The fraction of sp³-hybridized carbons (Fsp3) is 0.233. The molecule has 2 fully saturated rings. The van der Waals surface area contributed by atoms with Crippen LogP contribution in [0.15, 0.2) is 72.8 Å². The zero-order valence-corrected chi connectivity index (χ0v) is 22.3. The number of hydrogen-bond donors (Lipinski definition) is 3. The van der Waals surface area contributed by atoms with E-state index in [1.807, 2.05) is 0 Å². The summed E-state index contributed by atoms with van der Waals surface area (Å²) in [4.78, 5) is 64.5. The number of amides is 2. The Hall–Kier alpha value is -5.04. The molecule has 13 heteroatoms. The van der Waals surface area contributed by atoms with Crippen LogP contribution < -0.4 is 15.0 Å². The van der Waals surface area contributed by atoms with Gasteiger partial charge >= 0.3 is 18.1 Å². The number of Topliss-reactive ketones (excluding diaryl/α,β-unsaturated/α-hetero) is 1. The molecule has 43 heavy (non-hydrogen) atoms. The number of hydrogen-bond acceptors (Lipinski definition) is 7. The van der Waals surface area contributed by atoms with E-state index in [2.05, 4.69) is 5.32 Å². The number of carbonyl (C=O) groups excluding carboxylic acids is 3. The van der Waals surface area contributed by atoms with Gasteiger partial charge in [-0.2, -0.15) is 13.2 Å². The van der Waals surface area contributed by atoms with Gasteiger partial charge < -0.3 is 14.9 Å². The zero-order valence-electron chi connectivity index (χ0n) is 22.3. The second-order valence-electron chi connectivity index (χ2n) is 10.3. The van der Waals surface area contributed by atoms with Crippen molar-refractivity contribution < 1.29 is 52.1 Å². The number of carboxylic acids is 2. The van der Waals surface area contributed by atoms with Crippen LogP contribution >= 0.6 is 0 Å². The van der Waals surface area contributed by atoms with Gasteiger partial charge in [-0.3, -0.25) is 29.3 Å². The van der Waals surface area contributed by atoms with Crippen molar-refractivity contribution in [3.05, 3.63) is 89.5 Å². The Morgan fingerprint density at radius 3 is 2.14 bits per heavy atom. The number of ketones is 1. The van der Waals surface area contributed by atoms with Crippen molar-refractivity contribution in [3.63, 3.8) is 0 Å². The molecule has 3 aromatic rings. The Kier molecular flexibility index (Phi) is 7.30. The number of rotatable bonds is 8. The van der Waals surface area contributed by atoms with E-state index < -0.39 is 65.3 Å². The summed E-state index contributed by atoms with van der Waals surface area (Å²) < 4.78 is 45.2. The van der Waals surface area contributed by atoms with Gasteiger partial charge in [0.1, 0.15) is 17.0 Å². The van der Waals surface area contributed by atoms with Crippen molar-refractivity contribution in [2.75, 3.05) is 4.90 Å². The van der Waals surface area contributed by atoms with E-state index in [0.29, 0.717) is 5.56 Å². The summed E-state index contributed by atoms with van der Waals surface area (Å²) in [7, 11) is 0. The fourth-order valence-corrected chi connectivity index (χ4v) is 5.71. The Morgan fingerprint density at radius 1 is 0.930 bits per heavy atom. The van der Waals surface area contributed by atoms with E-state index in [1.165, 1.54) is 67.6 Å². The van der Waals surface area contributed by atoms with Crippen molar-refractivity contribution in [2.24, 2.45) is 11.8 Å². The van der Waals surface area contributed by atoms with Crippen LogP contribution in [-0.4, -0.2) is 45.3 Å². The number of carbonyl (C=O) groups is 5. The monoisotopic (exact) mass is 596 g/mol. The highest BCUT2D eigenvalue weighted by Gasteiger charge is 2.69. The number of fused-ring (bicyclic) bond motifs is 1. The maximum absolute atomic E-state index is 13.8. The Bertz CT molecular complexity index is 1660. The first-order valence-corrected chi connectivity index (χ1v) is 12.9. The lowest BCUT2D eigenvalue weighted by atomic mass is 9.77. The van der Waals surface area contributed by atoms with Crippen LogP contribution in [0.2, 0.25) is 0 Å². The lowest BCUT2D eigenvalue weighted by Gasteiger charge is -2.29. The third kappa shape index (κ3) is 5.23. The summed E-state index contributed by atoms with van der Waals surface area (Å²) in [6.45, 7) is 1.33.